The van der Waals surface area contributed by atoms with E-state index in [0.29, 0.717) is 11.0 Å². The van der Waals surface area contributed by atoms with E-state index in [1.54, 1.807) is 37.9 Å². The van der Waals surface area contributed by atoms with E-state index in [0.717, 1.165) is 22.7 Å². The monoisotopic (exact) mass is 398 g/mol. The summed E-state index contributed by atoms with van der Waals surface area (Å²) < 4.78 is 12.2. The Labute approximate surface area is 168 Å². The van der Waals surface area contributed by atoms with Crippen molar-refractivity contribution in [2.45, 2.75) is 5.16 Å². The van der Waals surface area contributed by atoms with Crippen molar-refractivity contribution in [3.8, 4) is 28.6 Å². The van der Waals surface area contributed by atoms with Crippen LogP contribution in [-0.2, 0) is 4.79 Å². The highest BCUT2D eigenvalue weighted by molar-refractivity contribution is 7.99. The first kappa shape index (κ1) is 19.8. The van der Waals surface area contributed by atoms with Gasteiger partial charge in [0.15, 0.2) is 5.82 Å². The highest BCUT2D eigenvalue weighted by atomic mass is 32.2. The molecule has 0 fully saturated rings. The van der Waals surface area contributed by atoms with Gasteiger partial charge in [0, 0.05) is 19.7 Å². The SMILES string of the molecule is COc1ccc(-c2nc(SCC(=O)N(C)C)nn2-c2ccc(OC)cc2)cc1. The molecular formula is C20H22N4O3S. The summed E-state index contributed by atoms with van der Waals surface area (Å²) in [4.78, 5) is 18.1. The second kappa shape index (κ2) is 8.79. The van der Waals surface area contributed by atoms with Crippen molar-refractivity contribution in [3.05, 3.63) is 48.5 Å². The van der Waals surface area contributed by atoms with Crippen LogP contribution in [0.4, 0.5) is 0 Å². The van der Waals surface area contributed by atoms with Gasteiger partial charge in [0.1, 0.15) is 11.5 Å². The van der Waals surface area contributed by atoms with Crippen molar-refractivity contribution >= 4 is 17.7 Å². The minimum absolute atomic E-state index is 0.0109. The summed E-state index contributed by atoms with van der Waals surface area (Å²) in [6, 6.07) is 15.2. The molecule has 0 saturated carbocycles. The molecule has 3 rings (SSSR count). The van der Waals surface area contributed by atoms with Gasteiger partial charge in [-0.1, -0.05) is 11.8 Å². The zero-order chi connectivity index (χ0) is 20.1. The highest BCUT2D eigenvalue weighted by Crippen LogP contribution is 2.27. The molecule has 28 heavy (non-hydrogen) atoms. The summed E-state index contributed by atoms with van der Waals surface area (Å²) >= 11 is 1.31. The van der Waals surface area contributed by atoms with Crippen molar-refractivity contribution < 1.29 is 14.3 Å². The molecule has 0 aliphatic heterocycles. The van der Waals surface area contributed by atoms with Crippen LogP contribution >= 0.6 is 11.8 Å². The number of benzene rings is 2. The van der Waals surface area contributed by atoms with E-state index >= 15 is 0 Å². The first-order valence-electron chi connectivity index (χ1n) is 8.60. The molecule has 0 radical (unpaired) electrons. The van der Waals surface area contributed by atoms with Gasteiger partial charge in [0.25, 0.3) is 0 Å². The van der Waals surface area contributed by atoms with E-state index in [4.69, 9.17) is 9.47 Å². The molecule has 146 valence electrons. The number of thioether (sulfide) groups is 1. The molecule has 0 spiro atoms. The normalized spacial score (nSPS) is 10.6. The number of hydrogen-bond donors (Lipinski definition) is 0. The van der Waals surface area contributed by atoms with Gasteiger partial charge >= 0.3 is 0 Å². The molecule has 2 aromatic carbocycles. The fraction of sp³-hybridized carbons (Fsp3) is 0.250. The highest BCUT2D eigenvalue weighted by Gasteiger charge is 2.16. The number of carbonyl (C=O) groups excluding carboxylic acids is 1. The van der Waals surface area contributed by atoms with Crippen molar-refractivity contribution in [2.75, 3.05) is 34.1 Å². The third-order valence-corrected chi connectivity index (χ3v) is 4.90. The lowest BCUT2D eigenvalue weighted by molar-refractivity contribution is -0.125. The predicted molar refractivity (Wildman–Crippen MR) is 109 cm³/mol. The summed E-state index contributed by atoms with van der Waals surface area (Å²) in [6.45, 7) is 0. The van der Waals surface area contributed by atoms with Crippen molar-refractivity contribution in [1.82, 2.24) is 19.7 Å². The molecule has 0 aliphatic rings. The van der Waals surface area contributed by atoms with Gasteiger partial charge in [-0.3, -0.25) is 4.79 Å². The molecule has 0 atom stereocenters. The van der Waals surface area contributed by atoms with Crippen molar-refractivity contribution in [3.63, 3.8) is 0 Å². The van der Waals surface area contributed by atoms with Crippen LogP contribution in [0.3, 0.4) is 0 Å². The molecule has 1 heterocycles. The second-order valence-electron chi connectivity index (χ2n) is 6.13. The molecule has 1 amide bonds. The topological polar surface area (TPSA) is 69.5 Å². The summed E-state index contributed by atoms with van der Waals surface area (Å²) in [5.74, 6) is 2.51. The van der Waals surface area contributed by atoms with E-state index < -0.39 is 0 Å². The number of ether oxygens (including phenoxy) is 2. The Morgan fingerprint density at radius 3 is 2.11 bits per heavy atom. The average Bonchev–Trinajstić information content (AvgIpc) is 3.16. The van der Waals surface area contributed by atoms with Crippen LogP contribution in [0.15, 0.2) is 53.7 Å². The molecular weight excluding hydrogens is 376 g/mol. The van der Waals surface area contributed by atoms with E-state index in [-0.39, 0.29) is 11.7 Å². The minimum Gasteiger partial charge on any atom is -0.497 e. The smallest absolute Gasteiger partial charge is 0.232 e. The lowest BCUT2D eigenvalue weighted by atomic mass is 10.2. The Bertz CT molecular complexity index is 872. The van der Waals surface area contributed by atoms with Crippen LogP contribution in [0.25, 0.3) is 17.1 Å². The predicted octanol–water partition coefficient (Wildman–Crippen LogP) is 3.13. The van der Waals surface area contributed by atoms with Crippen LogP contribution in [0.5, 0.6) is 11.5 Å². The van der Waals surface area contributed by atoms with Gasteiger partial charge in [0.2, 0.25) is 11.1 Å². The van der Waals surface area contributed by atoms with E-state index in [1.165, 1.54) is 11.8 Å². The van der Waals surface area contributed by atoms with Crippen LogP contribution in [0.1, 0.15) is 0 Å². The fourth-order valence-corrected chi connectivity index (χ4v) is 3.24. The van der Waals surface area contributed by atoms with Gasteiger partial charge in [-0.05, 0) is 48.5 Å². The van der Waals surface area contributed by atoms with Crippen LogP contribution in [0.2, 0.25) is 0 Å². The lowest BCUT2D eigenvalue weighted by Crippen LogP contribution is -2.23. The molecule has 0 unspecified atom stereocenters. The van der Waals surface area contributed by atoms with Crippen molar-refractivity contribution in [2.24, 2.45) is 0 Å². The third kappa shape index (κ3) is 4.45. The van der Waals surface area contributed by atoms with Gasteiger partial charge in [-0.2, -0.15) is 0 Å². The number of nitrogens with zero attached hydrogens (tertiary/aromatic N) is 4. The fourth-order valence-electron chi connectivity index (χ4n) is 2.44. The average molecular weight is 398 g/mol. The molecule has 0 N–H and O–H groups in total. The van der Waals surface area contributed by atoms with Gasteiger partial charge < -0.3 is 14.4 Å². The summed E-state index contributed by atoms with van der Waals surface area (Å²) in [6.07, 6.45) is 0. The van der Waals surface area contributed by atoms with E-state index in [1.807, 2.05) is 48.5 Å². The second-order valence-corrected chi connectivity index (χ2v) is 7.08. The zero-order valence-electron chi connectivity index (χ0n) is 16.2. The third-order valence-electron chi connectivity index (χ3n) is 4.08. The Hall–Kier alpha value is -3.00. The quantitative estimate of drug-likeness (QED) is 0.570. The maximum Gasteiger partial charge on any atom is 0.232 e. The molecule has 0 saturated heterocycles. The zero-order valence-corrected chi connectivity index (χ0v) is 17.1. The van der Waals surface area contributed by atoms with E-state index in [2.05, 4.69) is 10.1 Å². The number of carbonyl (C=O) groups is 1. The lowest BCUT2D eigenvalue weighted by Gasteiger charge is -2.08. The summed E-state index contributed by atoms with van der Waals surface area (Å²) in [5.41, 5.74) is 1.75. The largest absolute Gasteiger partial charge is 0.497 e. The molecule has 1 aromatic heterocycles. The van der Waals surface area contributed by atoms with Crippen LogP contribution < -0.4 is 9.47 Å². The van der Waals surface area contributed by atoms with E-state index in [9.17, 15) is 4.79 Å². The summed E-state index contributed by atoms with van der Waals surface area (Å²) in [5, 5.41) is 5.15. The Morgan fingerprint density at radius 2 is 1.57 bits per heavy atom. The Balaban J connectivity index is 1.97. The summed E-state index contributed by atoms with van der Waals surface area (Å²) in [7, 11) is 6.72. The van der Waals surface area contributed by atoms with Gasteiger partial charge in [-0.15, -0.1) is 5.10 Å². The molecule has 3 aromatic rings. The standard InChI is InChI=1S/C20H22N4O3S/c1-23(2)18(25)13-28-20-21-19(14-5-9-16(26-3)10-6-14)24(22-20)15-7-11-17(27-4)12-8-15/h5-12H,13H2,1-4H3. The van der Waals surface area contributed by atoms with Crippen molar-refractivity contribution in [1.29, 1.82) is 0 Å². The maximum absolute atomic E-state index is 11.9. The number of hydrogen-bond acceptors (Lipinski definition) is 6. The number of methoxy groups -OCH3 is 2. The van der Waals surface area contributed by atoms with Gasteiger partial charge in [0.05, 0.1) is 25.7 Å². The molecule has 7 nitrogen and oxygen atoms in total. The number of rotatable bonds is 7. The number of aromatic nitrogens is 3. The first-order valence-corrected chi connectivity index (χ1v) is 9.59. The van der Waals surface area contributed by atoms with Crippen LogP contribution in [0, 0.1) is 0 Å². The minimum atomic E-state index is 0.0109. The Morgan fingerprint density at radius 1 is 1.00 bits per heavy atom. The first-order chi connectivity index (χ1) is 13.5. The Kier molecular flexibility index (Phi) is 6.20. The number of amides is 1. The van der Waals surface area contributed by atoms with Gasteiger partial charge in [-0.25, -0.2) is 9.67 Å². The molecule has 0 bridgehead atoms. The maximum atomic E-state index is 11.9. The molecule has 8 heteroatoms. The molecule has 0 aliphatic carbocycles. The van der Waals surface area contributed by atoms with Crippen LogP contribution in [-0.4, -0.2) is 59.6 Å².